The van der Waals surface area contributed by atoms with Crippen molar-refractivity contribution in [3.63, 3.8) is 0 Å². The summed E-state index contributed by atoms with van der Waals surface area (Å²) in [6, 6.07) is -6.58. The second-order valence-corrected chi connectivity index (χ2v) is 48.4. The van der Waals surface area contributed by atoms with Crippen molar-refractivity contribution >= 4 is 126 Å². The number of likely N-dealkylation sites (tertiary alicyclic amines) is 3. The van der Waals surface area contributed by atoms with E-state index in [0.717, 1.165) is 67.7 Å². The monoisotopic (exact) mass is 1970 g/mol. The normalized spacial score (nSPS) is 25.7. The molecule has 13 N–H and O–H groups in total. The zero-order valence-corrected chi connectivity index (χ0v) is 87.1. The molecule has 38 nitrogen and oxygen atoms in total. The second kappa shape index (κ2) is 44.2. The zero-order chi connectivity index (χ0) is 103. The Labute approximate surface area is 817 Å². The molecule has 11 fully saturated rings. The van der Waals surface area contributed by atoms with Crippen LogP contribution in [0.25, 0.3) is 0 Å². The van der Waals surface area contributed by atoms with Crippen LogP contribution in [0.1, 0.15) is 275 Å². The van der Waals surface area contributed by atoms with E-state index in [1.165, 1.54) is 54.2 Å². The van der Waals surface area contributed by atoms with Crippen molar-refractivity contribution in [3.8, 4) is 0 Å². The Bertz CT molecular complexity index is 4650. The molecule has 8 heterocycles. The number of aromatic nitrogens is 6. The number of carboxylic acid groups (broad SMARTS) is 1. The molecule has 45 heteroatoms. The van der Waals surface area contributed by atoms with Crippen LogP contribution in [0, 0.1) is 50.7 Å². The Kier molecular flexibility index (Phi) is 36.8. The maximum Gasteiger partial charge on any atom is 0.481 e. The lowest BCUT2D eigenvalue weighted by molar-refractivity contribution is -0.185. The van der Waals surface area contributed by atoms with E-state index >= 15 is 0 Å². The van der Waals surface area contributed by atoms with Crippen molar-refractivity contribution in [2.24, 2.45) is 62.2 Å². The van der Waals surface area contributed by atoms with E-state index in [0.29, 0.717) is 60.5 Å². The Hall–Kier alpha value is -7.79. The van der Waals surface area contributed by atoms with Crippen molar-refractivity contribution in [1.29, 1.82) is 0 Å². The first-order valence-electron chi connectivity index (χ1n) is 47.2. The fourth-order valence-corrected chi connectivity index (χ4v) is 19.2. The number of carbonyl (C=O) groups excluding carboxylic acids is 10. The Morgan fingerprint density at radius 3 is 1.27 bits per heavy atom. The SMILES string of the molecule is CC(C)(C)C(N)C(=O)N1CCCC1B1OC2C3CC(C[C@]2(C)O1)C3(C)C.CC(C)(C)C(NC(=O)C(N)Cc1cnc[nH]1)C(=O)N1CCCC1B(O)O.CC(C)(C)OC(=O)NC(Cc1cn(C(=O)OC(C)(C)C)cn1)C(=O)NC(C(=O)N1CCCC1B1OC2C3CC(C[C@]2(C)O1)C3(C)C)C(C)(C)C.CC(NC(=O)C(Cc1cn(C(=O)OC(C)(C)C)cn1)NC(=O)OC(C)(C)C)C(=O)O.ClB(Cl)Cl. The third kappa shape index (κ3) is 29.9. The minimum absolute atomic E-state index is 0.00126. The highest BCUT2D eigenvalue weighted by atomic mass is 35.6. The van der Waals surface area contributed by atoms with Gasteiger partial charge in [0, 0.05) is 63.2 Å². The molecule has 5 saturated heterocycles. The van der Waals surface area contributed by atoms with E-state index in [4.69, 9.17) is 88.5 Å². The number of ether oxygens (including phenoxy) is 4. The predicted octanol–water partition coefficient (Wildman–Crippen LogP) is 9.70. The van der Waals surface area contributed by atoms with Gasteiger partial charge < -0.3 is 110 Å². The summed E-state index contributed by atoms with van der Waals surface area (Å²) >= 11 is 14.4. The smallest absolute Gasteiger partial charge is 0.480 e. The maximum absolute atomic E-state index is 14.5. The lowest BCUT2D eigenvalue weighted by atomic mass is 9.45. The van der Waals surface area contributed by atoms with E-state index in [1.807, 2.05) is 72.1 Å². The molecular formula is C91H151B4Cl3N16O22. The van der Waals surface area contributed by atoms with Crippen LogP contribution in [0.15, 0.2) is 37.6 Å². The fraction of sp³-hybridized carbons (Fsp3) is 0.780. The highest BCUT2D eigenvalue weighted by Gasteiger charge is 2.70. The number of aliphatic carboxylic acids is 1. The van der Waals surface area contributed by atoms with Crippen LogP contribution in [-0.4, -0.2) is 277 Å². The Morgan fingerprint density at radius 2 is 0.912 bits per heavy atom. The zero-order valence-electron chi connectivity index (χ0n) is 84.8. The molecule has 3 aromatic rings. The molecule has 4 bridgehead atoms. The van der Waals surface area contributed by atoms with Gasteiger partial charge in [0.05, 0.1) is 71.0 Å². The molecule has 3 aromatic heterocycles. The Morgan fingerprint density at radius 1 is 0.537 bits per heavy atom. The molecule has 0 spiro atoms. The minimum atomic E-state index is -1.60. The lowest BCUT2D eigenvalue weighted by Gasteiger charge is -2.63. The van der Waals surface area contributed by atoms with Crippen molar-refractivity contribution in [1.82, 2.24) is 70.4 Å². The number of carbonyl (C=O) groups is 11. The van der Waals surface area contributed by atoms with Gasteiger partial charge in [-0.05, 0) is 219 Å². The van der Waals surface area contributed by atoms with Crippen molar-refractivity contribution in [3.05, 3.63) is 54.7 Å². The number of hydrogen-bond donors (Lipinski definition) is 11. The molecule has 0 radical (unpaired) electrons. The summed E-state index contributed by atoms with van der Waals surface area (Å²) in [4.78, 5) is 160. The number of nitrogens with one attached hydrogen (secondary N) is 6. The van der Waals surface area contributed by atoms with Crippen LogP contribution in [-0.2, 0) is 90.4 Å². The number of amides is 8. The van der Waals surface area contributed by atoms with Crippen molar-refractivity contribution < 1.29 is 105 Å². The number of hydrogen-bond acceptors (Lipinski definition) is 26. The van der Waals surface area contributed by atoms with Gasteiger partial charge in [0.15, 0.2) is 0 Å². The number of alkyl carbamates (subject to hydrolysis) is 2. The van der Waals surface area contributed by atoms with Gasteiger partial charge >= 0.3 is 56.7 Å². The molecule has 8 amide bonds. The van der Waals surface area contributed by atoms with E-state index < -0.39 is 149 Å². The predicted molar refractivity (Wildman–Crippen MR) is 515 cm³/mol. The molecule has 5 aliphatic heterocycles. The summed E-state index contributed by atoms with van der Waals surface area (Å²) in [7, 11) is -2.44. The Balaban J connectivity index is 0.000000229. The first kappa shape index (κ1) is 113. The molecule has 16 unspecified atom stereocenters. The second-order valence-electron chi connectivity index (χ2n) is 46.5. The number of halogens is 3. The van der Waals surface area contributed by atoms with Crippen molar-refractivity contribution in [2.75, 3.05) is 19.6 Å². The van der Waals surface area contributed by atoms with Crippen LogP contribution in [0.4, 0.5) is 19.2 Å². The third-order valence-electron chi connectivity index (χ3n) is 26.8. The summed E-state index contributed by atoms with van der Waals surface area (Å²) in [6.45, 7) is 54.6. The number of nitrogens with zero attached hydrogens (tertiary/aromatic N) is 8. The van der Waals surface area contributed by atoms with Crippen LogP contribution in [0.2, 0.25) is 0 Å². The quantitative estimate of drug-likeness (QED) is 0.0349. The van der Waals surface area contributed by atoms with Crippen LogP contribution < -0.4 is 38.1 Å². The maximum atomic E-state index is 14.5. The minimum Gasteiger partial charge on any atom is -0.480 e. The van der Waals surface area contributed by atoms with Gasteiger partial charge in [-0.15, -0.1) is 0 Å². The van der Waals surface area contributed by atoms with Gasteiger partial charge in [0.25, 0.3) is 0 Å². The van der Waals surface area contributed by atoms with E-state index in [9.17, 15) is 62.8 Å². The number of imidazole rings is 3. The van der Waals surface area contributed by atoms with Gasteiger partial charge in [-0.3, -0.25) is 33.6 Å². The molecule has 0 aromatic carbocycles. The summed E-state index contributed by atoms with van der Waals surface area (Å²) in [5.41, 5.74) is 9.11. The van der Waals surface area contributed by atoms with E-state index in [1.54, 1.807) is 89.3 Å². The molecule has 6 aliphatic carbocycles. The summed E-state index contributed by atoms with van der Waals surface area (Å²) in [5.74, 6) is -2.10. The third-order valence-corrected chi connectivity index (χ3v) is 26.8. The average Bonchev–Trinajstić information content (AvgIpc) is 1.48. The number of H-pyrrole nitrogens is 1. The van der Waals surface area contributed by atoms with Gasteiger partial charge in [-0.2, -0.15) is 34.4 Å². The van der Waals surface area contributed by atoms with Gasteiger partial charge in [0.1, 0.15) is 65.3 Å². The van der Waals surface area contributed by atoms with Gasteiger partial charge in [-0.1, -0.05) is 90.0 Å². The van der Waals surface area contributed by atoms with Crippen LogP contribution in [0.5, 0.6) is 0 Å². The molecule has 760 valence electrons. The lowest BCUT2D eigenvalue weighted by Crippen LogP contribution is -2.63. The molecule has 14 rings (SSSR count). The largest absolute Gasteiger partial charge is 0.481 e. The first-order valence-corrected chi connectivity index (χ1v) is 48.6. The number of carboxylic acids is 1. The van der Waals surface area contributed by atoms with E-state index in [-0.39, 0.29) is 90.2 Å². The molecule has 18 atom stereocenters. The number of rotatable bonds is 21. The highest BCUT2D eigenvalue weighted by Crippen LogP contribution is 2.66. The standard InChI is InChI=1S/C36H58BN5O8.C20H35BN2O3.C19H30N4O7.C16H28BN5O4.BCl3/c1-32(2,3)26(29(44)42-15-13-14-25(42)37-49-27-23-16-21(35(23,10)11)18-36(27,12)50-37)40-28(43)24(39-30(45)47-33(4,5)6)17-22-19-41(20-38-22)31(46)48-34(7,8)9;1-18(2,3)15(22)17(24)23-9-7-8-14(23)21-25-16-13-10-12(19(13,4)5)11-20(16,6)26-21;1-11(15(25)26)21-14(24)13(22-16(27)29-18(2,3)4)8-12-9-23(10-20-12)17(28)30-19(5,6)7;1-16(2,3)13(15(24)22-6-4-5-12(22)17(25)26)21-14(23)11(18)7-10-8-19-9-20-10;2-1(3)4/h19-21,23-27H,13-18H2,1-12H3,(H,39,45)(H,40,43);12-16H,7-11,22H2,1-6H3;9-11,13H,8H2,1-7H3,(H,21,24)(H,22,27)(H,25,26);8-9,11-13,25-26H,4-7,18H2,1-3H3,(H,19,20)(H,21,23);/t21?,23?,24?,25?,26?,27?,36-;12?,13?,14?,15?,16?,20-;;;/m00.../s1. The fourth-order valence-electron chi connectivity index (χ4n) is 19.2. The van der Waals surface area contributed by atoms with Gasteiger partial charge in [0.2, 0.25) is 35.4 Å². The molecule has 136 heavy (non-hydrogen) atoms. The summed E-state index contributed by atoms with van der Waals surface area (Å²) in [6.07, 6.45) is 14.9. The van der Waals surface area contributed by atoms with Crippen LogP contribution >= 0.6 is 34.4 Å². The molecule has 11 aliphatic rings. The van der Waals surface area contributed by atoms with E-state index in [2.05, 4.69) is 88.1 Å². The average molecular weight is 1970 g/mol. The first-order chi connectivity index (χ1) is 62.2. The number of aromatic amines is 1. The van der Waals surface area contributed by atoms with Gasteiger partial charge in [-0.25, -0.2) is 43.3 Å². The van der Waals surface area contributed by atoms with Crippen molar-refractivity contribution in [2.45, 2.75) is 383 Å². The summed E-state index contributed by atoms with van der Waals surface area (Å²) in [5, 5.41) is 41.1. The highest BCUT2D eigenvalue weighted by molar-refractivity contribution is 7.54. The van der Waals surface area contributed by atoms with Crippen LogP contribution in [0.3, 0.4) is 0 Å². The summed E-state index contributed by atoms with van der Waals surface area (Å²) < 4.78 is 50.0. The molecule has 6 saturated carbocycles. The topological polar surface area (TPSA) is 509 Å². The molecular weight excluding hydrogens is 1820 g/mol. The number of nitrogens with two attached hydrogens (primary N) is 2.